The standard InChI is InChI=1S/C11H16O9/c1-16-10(14)19-7-4-3-6(18-9(12)13)5-8(7)20-11(15)17-2/h6-8H,3-5H2,1-2H3,(H,12,13). The van der Waals surface area contributed by atoms with Gasteiger partial charge in [-0.3, -0.25) is 0 Å². The van der Waals surface area contributed by atoms with Crippen molar-refractivity contribution in [2.45, 2.75) is 37.6 Å². The largest absolute Gasteiger partial charge is 0.508 e. The highest BCUT2D eigenvalue weighted by molar-refractivity contribution is 5.61. The first-order valence-corrected chi connectivity index (χ1v) is 5.85. The van der Waals surface area contributed by atoms with Crippen LogP contribution < -0.4 is 0 Å². The van der Waals surface area contributed by atoms with Crippen molar-refractivity contribution >= 4 is 18.5 Å². The molecular formula is C11H16O9. The summed E-state index contributed by atoms with van der Waals surface area (Å²) in [5, 5.41) is 8.57. The summed E-state index contributed by atoms with van der Waals surface area (Å²) in [6.45, 7) is 0. The molecule has 0 saturated heterocycles. The summed E-state index contributed by atoms with van der Waals surface area (Å²) in [6.07, 6.45) is -4.84. The fourth-order valence-electron chi connectivity index (χ4n) is 1.92. The van der Waals surface area contributed by atoms with Crippen molar-refractivity contribution in [2.24, 2.45) is 0 Å². The molecule has 0 bridgehead atoms. The van der Waals surface area contributed by atoms with Gasteiger partial charge in [-0.05, 0) is 12.8 Å². The van der Waals surface area contributed by atoms with Crippen LogP contribution in [0.15, 0.2) is 0 Å². The van der Waals surface area contributed by atoms with E-state index >= 15 is 0 Å². The second-order valence-corrected chi connectivity index (χ2v) is 4.04. The van der Waals surface area contributed by atoms with E-state index in [1.54, 1.807) is 0 Å². The molecule has 0 amide bonds. The van der Waals surface area contributed by atoms with Crippen LogP contribution >= 0.6 is 0 Å². The second-order valence-electron chi connectivity index (χ2n) is 4.04. The van der Waals surface area contributed by atoms with Crippen LogP contribution in [0.4, 0.5) is 14.4 Å². The lowest BCUT2D eigenvalue weighted by atomic mass is 9.92. The zero-order chi connectivity index (χ0) is 15.1. The fraction of sp³-hybridized carbons (Fsp3) is 0.727. The monoisotopic (exact) mass is 292 g/mol. The van der Waals surface area contributed by atoms with Crippen LogP contribution in [-0.4, -0.2) is 56.1 Å². The summed E-state index contributed by atoms with van der Waals surface area (Å²) in [7, 11) is 2.28. The van der Waals surface area contributed by atoms with Gasteiger partial charge < -0.3 is 28.8 Å². The van der Waals surface area contributed by atoms with E-state index in [4.69, 9.17) is 14.6 Å². The van der Waals surface area contributed by atoms with Crippen molar-refractivity contribution < 1.29 is 43.2 Å². The van der Waals surface area contributed by atoms with E-state index in [-0.39, 0.29) is 12.8 Å². The fourth-order valence-corrected chi connectivity index (χ4v) is 1.92. The Morgan fingerprint density at radius 3 is 1.95 bits per heavy atom. The van der Waals surface area contributed by atoms with Gasteiger partial charge >= 0.3 is 18.5 Å². The molecule has 9 heteroatoms. The molecule has 1 aliphatic carbocycles. The Bertz CT molecular complexity index is 367. The van der Waals surface area contributed by atoms with Crippen molar-refractivity contribution in [1.82, 2.24) is 0 Å². The van der Waals surface area contributed by atoms with Gasteiger partial charge in [-0.25, -0.2) is 14.4 Å². The maximum atomic E-state index is 11.1. The van der Waals surface area contributed by atoms with Gasteiger partial charge in [0.15, 0.2) is 0 Å². The van der Waals surface area contributed by atoms with E-state index in [9.17, 15) is 14.4 Å². The second kappa shape index (κ2) is 7.41. The normalized spacial score (nSPS) is 25.2. The average Bonchev–Trinajstić information content (AvgIpc) is 2.40. The third kappa shape index (κ3) is 4.82. The molecule has 0 heterocycles. The topological polar surface area (TPSA) is 118 Å². The molecule has 1 N–H and O–H groups in total. The third-order valence-corrected chi connectivity index (χ3v) is 2.78. The van der Waals surface area contributed by atoms with E-state index < -0.39 is 36.8 Å². The Hall–Kier alpha value is -2.19. The number of carboxylic acid groups (broad SMARTS) is 1. The SMILES string of the molecule is COC(=O)OC1CCC(OC(=O)O)CC1OC(=O)OC. The summed E-state index contributed by atoms with van der Waals surface area (Å²) in [6, 6.07) is 0. The lowest BCUT2D eigenvalue weighted by molar-refractivity contribution is -0.0919. The Balaban J connectivity index is 2.66. The number of ether oxygens (including phenoxy) is 5. The van der Waals surface area contributed by atoms with Crippen molar-refractivity contribution in [1.29, 1.82) is 0 Å². The highest BCUT2D eigenvalue weighted by Crippen LogP contribution is 2.27. The number of carbonyl (C=O) groups excluding carboxylic acids is 2. The molecule has 20 heavy (non-hydrogen) atoms. The van der Waals surface area contributed by atoms with E-state index in [1.807, 2.05) is 0 Å². The van der Waals surface area contributed by atoms with Crippen LogP contribution in [0.2, 0.25) is 0 Å². The molecule has 0 aromatic rings. The summed E-state index contributed by atoms with van der Waals surface area (Å²) in [5.74, 6) is 0. The molecule has 3 atom stereocenters. The molecule has 1 saturated carbocycles. The number of rotatable bonds is 3. The predicted octanol–water partition coefficient (Wildman–Crippen LogP) is 1.54. The summed E-state index contributed by atoms with van der Waals surface area (Å²) in [4.78, 5) is 32.7. The van der Waals surface area contributed by atoms with Crippen molar-refractivity contribution in [2.75, 3.05) is 14.2 Å². The van der Waals surface area contributed by atoms with Gasteiger partial charge in [0.2, 0.25) is 0 Å². The van der Waals surface area contributed by atoms with Gasteiger partial charge in [0.1, 0.15) is 18.3 Å². The minimum Gasteiger partial charge on any atom is -0.450 e. The predicted molar refractivity (Wildman–Crippen MR) is 61.3 cm³/mol. The molecule has 0 spiro atoms. The Morgan fingerprint density at radius 2 is 1.45 bits per heavy atom. The minimum absolute atomic E-state index is 0.0725. The maximum absolute atomic E-state index is 11.1. The van der Waals surface area contributed by atoms with Crippen LogP contribution in [0.1, 0.15) is 19.3 Å². The third-order valence-electron chi connectivity index (χ3n) is 2.78. The number of carbonyl (C=O) groups is 3. The molecular weight excluding hydrogens is 276 g/mol. The number of hydrogen-bond donors (Lipinski definition) is 1. The van der Waals surface area contributed by atoms with Crippen LogP contribution in [0.5, 0.6) is 0 Å². The number of hydrogen-bond acceptors (Lipinski definition) is 8. The van der Waals surface area contributed by atoms with Gasteiger partial charge in [0.05, 0.1) is 14.2 Å². The van der Waals surface area contributed by atoms with E-state index in [1.165, 1.54) is 0 Å². The quantitative estimate of drug-likeness (QED) is 0.610. The van der Waals surface area contributed by atoms with E-state index in [0.29, 0.717) is 6.42 Å². The van der Waals surface area contributed by atoms with Gasteiger partial charge in [-0.2, -0.15) is 0 Å². The van der Waals surface area contributed by atoms with Gasteiger partial charge in [0.25, 0.3) is 0 Å². The molecule has 3 unspecified atom stereocenters. The summed E-state index contributed by atoms with van der Waals surface area (Å²) in [5.41, 5.74) is 0. The molecule has 1 aliphatic rings. The van der Waals surface area contributed by atoms with E-state index in [2.05, 4.69) is 14.2 Å². The Morgan fingerprint density at radius 1 is 0.900 bits per heavy atom. The summed E-state index contributed by atoms with van der Waals surface area (Å²) >= 11 is 0. The molecule has 1 fully saturated rings. The minimum atomic E-state index is -1.42. The first-order valence-electron chi connectivity index (χ1n) is 5.85. The van der Waals surface area contributed by atoms with Crippen LogP contribution in [0, 0.1) is 0 Å². The molecule has 1 rings (SSSR count). The summed E-state index contributed by atoms with van der Waals surface area (Å²) < 4.78 is 23.3. The molecule has 114 valence electrons. The molecule has 0 aliphatic heterocycles. The van der Waals surface area contributed by atoms with E-state index in [0.717, 1.165) is 14.2 Å². The maximum Gasteiger partial charge on any atom is 0.508 e. The smallest absolute Gasteiger partial charge is 0.450 e. The first kappa shape index (κ1) is 15.9. The van der Waals surface area contributed by atoms with Crippen LogP contribution in [0.25, 0.3) is 0 Å². The average molecular weight is 292 g/mol. The van der Waals surface area contributed by atoms with Gasteiger partial charge in [-0.15, -0.1) is 0 Å². The molecule has 0 radical (unpaired) electrons. The molecule has 9 nitrogen and oxygen atoms in total. The van der Waals surface area contributed by atoms with Crippen LogP contribution in [0.3, 0.4) is 0 Å². The van der Waals surface area contributed by atoms with Crippen molar-refractivity contribution in [3.8, 4) is 0 Å². The Kier molecular flexibility index (Phi) is 5.88. The van der Waals surface area contributed by atoms with Gasteiger partial charge in [0, 0.05) is 6.42 Å². The first-order chi connectivity index (χ1) is 9.46. The zero-order valence-electron chi connectivity index (χ0n) is 11.1. The highest BCUT2D eigenvalue weighted by atomic mass is 16.8. The van der Waals surface area contributed by atoms with Crippen molar-refractivity contribution in [3.63, 3.8) is 0 Å². The molecule has 0 aromatic carbocycles. The van der Waals surface area contributed by atoms with Crippen LogP contribution in [-0.2, 0) is 23.7 Å². The van der Waals surface area contributed by atoms with Crippen molar-refractivity contribution in [3.05, 3.63) is 0 Å². The lowest BCUT2D eigenvalue weighted by Gasteiger charge is -2.33. The lowest BCUT2D eigenvalue weighted by Crippen LogP contribution is -2.43. The Labute approximate surface area is 114 Å². The highest BCUT2D eigenvalue weighted by Gasteiger charge is 2.38. The zero-order valence-corrected chi connectivity index (χ0v) is 11.1. The van der Waals surface area contributed by atoms with Gasteiger partial charge in [-0.1, -0.05) is 0 Å². The molecule has 0 aromatic heterocycles. The number of methoxy groups -OCH3 is 2.